The maximum Gasteiger partial charge on any atom is 0.333 e. The number of rotatable bonds is 8. The molecule has 5 nitrogen and oxygen atoms in total. The van der Waals surface area contributed by atoms with Crippen molar-refractivity contribution in [3.05, 3.63) is 22.6 Å². The van der Waals surface area contributed by atoms with Gasteiger partial charge in [0.25, 0.3) is 0 Å². The molecule has 1 atom stereocenters. The summed E-state index contributed by atoms with van der Waals surface area (Å²) in [6.45, 7) is 9.51. The highest BCUT2D eigenvalue weighted by Gasteiger charge is 2.39. The lowest BCUT2D eigenvalue weighted by atomic mass is 9.99. The lowest BCUT2D eigenvalue weighted by Gasteiger charge is -2.27. The van der Waals surface area contributed by atoms with E-state index in [0.717, 1.165) is 19.6 Å². The van der Waals surface area contributed by atoms with E-state index in [1.165, 1.54) is 7.11 Å². The van der Waals surface area contributed by atoms with E-state index in [9.17, 15) is 4.79 Å². The molecule has 1 rings (SSSR count). The van der Waals surface area contributed by atoms with Crippen molar-refractivity contribution in [2.75, 3.05) is 33.3 Å². The van der Waals surface area contributed by atoms with E-state index in [4.69, 9.17) is 9.15 Å². The largest absolute Gasteiger partial charge is 0.467 e. The lowest BCUT2D eigenvalue weighted by Crippen LogP contribution is -2.49. The molecule has 114 valence electrons. The molecule has 0 spiro atoms. The number of nitrogens with zero attached hydrogens (tertiary/aromatic N) is 1. The number of hydrogen-bond donors (Lipinski definition) is 1. The maximum absolute atomic E-state index is 12.1. The fraction of sp³-hybridized carbons (Fsp3) is 0.643. The summed E-state index contributed by atoms with van der Waals surface area (Å²) in [5.41, 5.74) is -0.978. The van der Waals surface area contributed by atoms with Crippen LogP contribution in [0.3, 0.4) is 0 Å². The Morgan fingerprint density at radius 1 is 1.45 bits per heavy atom. The summed E-state index contributed by atoms with van der Waals surface area (Å²) in [6.07, 6.45) is 0. The molecule has 0 aliphatic heterocycles. The molecule has 0 aromatic carbocycles. The van der Waals surface area contributed by atoms with Crippen molar-refractivity contribution in [2.24, 2.45) is 0 Å². The fourth-order valence-corrected chi connectivity index (χ4v) is 2.36. The van der Waals surface area contributed by atoms with Gasteiger partial charge < -0.3 is 14.1 Å². The van der Waals surface area contributed by atoms with Gasteiger partial charge in [0.15, 0.2) is 10.2 Å². The number of carbonyl (C=O) groups excluding carboxylic acids is 1. The van der Waals surface area contributed by atoms with E-state index in [1.54, 1.807) is 19.1 Å². The second kappa shape index (κ2) is 7.81. The highest BCUT2D eigenvalue weighted by molar-refractivity contribution is 9.10. The third-order valence-electron chi connectivity index (χ3n) is 3.46. The maximum atomic E-state index is 12.1. The predicted octanol–water partition coefficient (Wildman–Crippen LogP) is 2.36. The smallest absolute Gasteiger partial charge is 0.333 e. The van der Waals surface area contributed by atoms with Crippen LogP contribution >= 0.6 is 15.9 Å². The topological polar surface area (TPSA) is 54.7 Å². The molecule has 6 heteroatoms. The Bertz CT molecular complexity index is 432. The van der Waals surface area contributed by atoms with Crippen LogP contribution in [0.4, 0.5) is 0 Å². The van der Waals surface area contributed by atoms with Gasteiger partial charge in [-0.05, 0) is 48.1 Å². The van der Waals surface area contributed by atoms with E-state index >= 15 is 0 Å². The molecule has 0 radical (unpaired) electrons. The molecule has 0 saturated carbocycles. The summed E-state index contributed by atoms with van der Waals surface area (Å²) in [5, 5.41) is 3.24. The number of halogens is 1. The van der Waals surface area contributed by atoms with E-state index in [-0.39, 0.29) is 5.97 Å². The lowest BCUT2D eigenvalue weighted by molar-refractivity contribution is -0.149. The van der Waals surface area contributed by atoms with Crippen LogP contribution in [0.25, 0.3) is 0 Å². The zero-order chi connectivity index (χ0) is 15.2. The van der Waals surface area contributed by atoms with Crippen LogP contribution in [0.2, 0.25) is 0 Å². The first-order chi connectivity index (χ1) is 9.47. The average molecular weight is 347 g/mol. The Hall–Kier alpha value is -0.850. The first kappa shape index (κ1) is 17.2. The van der Waals surface area contributed by atoms with Crippen LogP contribution in [0.15, 0.2) is 21.2 Å². The second-order valence-corrected chi connectivity index (χ2v) is 5.46. The first-order valence-corrected chi connectivity index (χ1v) is 7.58. The van der Waals surface area contributed by atoms with Gasteiger partial charge in [-0.15, -0.1) is 0 Å². The van der Waals surface area contributed by atoms with E-state index in [0.29, 0.717) is 17.0 Å². The minimum Gasteiger partial charge on any atom is -0.467 e. The summed E-state index contributed by atoms with van der Waals surface area (Å²) >= 11 is 3.25. The molecule has 1 heterocycles. The molecule has 0 aliphatic rings. The molecule has 0 aliphatic carbocycles. The van der Waals surface area contributed by atoms with Crippen molar-refractivity contribution in [2.45, 2.75) is 26.3 Å². The molecule has 1 aromatic rings. The standard InChI is InChI=1S/C14H23BrN2O3/c1-5-17(6-2)10-9-16-14(3,13(18)19-4)11-7-8-12(15)20-11/h7-8,16H,5-6,9-10H2,1-4H3. The minimum atomic E-state index is -0.978. The third-order valence-corrected chi connectivity index (χ3v) is 3.89. The second-order valence-electron chi connectivity index (χ2n) is 4.67. The average Bonchev–Trinajstić information content (AvgIpc) is 2.89. The van der Waals surface area contributed by atoms with Crippen LogP contribution in [0.1, 0.15) is 26.5 Å². The van der Waals surface area contributed by atoms with Crippen molar-refractivity contribution >= 4 is 21.9 Å². The molecule has 0 amide bonds. The molecular weight excluding hydrogens is 324 g/mol. The van der Waals surface area contributed by atoms with Crippen molar-refractivity contribution in [1.82, 2.24) is 10.2 Å². The first-order valence-electron chi connectivity index (χ1n) is 6.79. The molecule has 0 bridgehead atoms. The highest BCUT2D eigenvalue weighted by Crippen LogP contribution is 2.26. The van der Waals surface area contributed by atoms with Gasteiger partial charge in [0.1, 0.15) is 5.76 Å². The number of methoxy groups -OCH3 is 1. The predicted molar refractivity (Wildman–Crippen MR) is 81.6 cm³/mol. The van der Waals surface area contributed by atoms with Crippen LogP contribution < -0.4 is 5.32 Å². The summed E-state index contributed by atoms with van der Waals surface area (Å²) < 4.78 is 11.0. The summed E-state index contributed by atoms with van der Waals surface area (Å²) in [4.78, 5) is 14.4. The number of esters is 1. The molecule has 20 heavy (non-hydrogen) atoms. The molecule has 0 saturated heterocycles. The minimum absolute atomic E-state index is 0.362. The monoisotopic (exact) mass is 346 g/mol. The van der Waals surface area contributed by atoms with Crippen LogP contribution in [-0.4, -0.2) is 44.2 Å². The zero-order valence-corrected chi connectivity index (χ0v) is 14.1. The normalized spacial score (nSPS) is 14.3. The van der Waals surface area contributed by atoms with Gasteiger partial charge in [-0.1, -0.05) is 13.8 Å². The van der Waals surface area contributed by atoms with Crippen molar-refractivity contribution < 1.29 is 13.9 Å². The van der Waals surface area contributed by atoms with Gasteiger partial charge in [-0.25, -0.2) is 4.79 Å². The van der Waals surface area contributed by atoms with Crippen LogP contribution in [0.5, 0.6) is 0 Å². The van der Waals surface area contributed by atoms with Crippen LogP contribution in [-0.2, 0) is 15.1 Å². The zero-order valence-electron chi connectivity index (χ0n) is 12.5. The molecule has 1 N–H and O–H groups in total. The SMILES string of the molecule is CCN(CC)CCNC(C)(C(=O)OC)c1ccc(Br)o1. The van der Waals surface area contributed by atoms with Gasteiger partial charge in [0.05, 0.1) is 7.11 Å². The quantitative estimate of drug-likeness (QED) is 0.732. The Kier molecular flexibility index (Phi) is 6.71. The number of carbonyl (C=O) groups is 1. The fourth-order valence-electron chi connectivity index (χ4n) is 2.05. The Labute approximate surface area is 128 Å². The van der Waals surface area contributed by atoms with Crippen molar-refractivity contribution in [3.8, 4) is 0 Å². The van der Waals surface area contributed by atoms with Gasteiger partial charge in [-0.2, -0.15) is 0 Å². The summed E-state index contributed by atoms with van der Waals surface area (Å²) in [5.74, 6) is 0.176. The molecular formula is C14H23BrN2O3. The Morgan fingerprint density at radius 2 is 2.10 bits per heavy atom. The van der Waals surface area contributed by atoms with Gasteiger partial charge in [0, 0.05) is 13.1 Å². The highest BCUT2D eigenvalue weighted by atomic mass is 79.9. The van der Waals surface area contributed by atoms with E-state index < -0.39 is 5.54 Å². The number of nitrogens with one attached hydrogen (secondary N) is 1. The molecule has 1 unspecified atom stereocenters. The summed E-state index contributed by atoms with van der Waals surface area (Å²) in [6, 6.07) is 3.54. The van der Waals surface area contributed by atoms with Crippen molar-refractivity contribution in [3.63, 3.8) is 0 Å². The van der Waals surface area contributed by atoms with Crippen LogP contribution in [0, 0.1) is 0 Å². The third kappa shape index (κ3) is 4.07. The summed E-state index contributed by atoms with van der Waals surface area (Å²) in [7, 11) is 1.38. The van der Waals surface area contributed by atoms with Gasteiger partial charge >= 0.3 is 5.97 Å². The Balaban J connectivity index is 2.77. The molecule has 0 fully saturated rings. The number of furan rings is 1. The number of ether oxygens (including phenoxy) is 1. The van der Waals surface area contributed by atoms with E-state index in [1.807, 2.05) is 0 Å². The van der Waals surface area contributed by atoms with Crippen molar-refractivity contribution in [1.29, 1.82) is 0 Å². The van der Waals surface area contributed by atoms with E-state index in [2.05, 4.69) is 40.0 Å². The van der Waals surface area contributed by atoms with Gasteiger partial charge in [-0.3, -0.25) is 5.32 Å². The Morgan fingerprint density at radius 3 is 2.55 bits per heavy atom. The van der Waals surface area contributed by atoms with Gasteiger partial charge in [0.2, 0.25) is 0 Å². The molecule has 1 aromatic heterocycles. The number of hydrogen-bond acceptors (Lipinski definition) is 5. The number of likely N-dealkylation sites (N-methyl/N-ethyl adjacent to an activating group) is 1.